The van der Waals surface area contributed by atoms with E-state index in [-0.39, 0.29) is 18.7 Å². The third kappa shape index (κ3) is 3.28. The summed E-state index contributed by atoms with van der Waals surface area (Å²) in [5.74, 6) is -1.54. The van der Waals surface area contributed by atoms with Crippen LogP contribution in [0, 0.1) is 6.92 Å². The van der Waals surface area contributed by atoms with Gasteiger partial charge in [-0.3, -0.25) is 9.78 Å². The van der Waals surface area contributed by atoms with Gasteiger partial charge in [-0.15, -0.1) is 0 Å². The van der Waals surface area contributed by atoms with Crippen LogP contribution in [-0.2, 0) is 9.53 Å². The third-order valence-corrected chi connectivity index (χ3v) is 2.94. The minimum atomic E-state index is -1.01. The lowest BCUT2D eigenvalue weighted by Gasteiger charge is -2.13. The van der Waals surface area contributed by atoms with E-state index in [4.69, 9.17) is 9.84 Å². The zero-order chi connectivity index (χ0) is 15.4. The lowest BCUT2D eigenvalue weighted by atomic mass is 10.1. The van der Waals surface area contributed by atoms with Crippen molar-refractivity contribution in [1.82, 2.24) is 4.98 Å². The molecule has 0 saturated heterocycles. The van der Waals surface area contributed by atoms with Gasteiger partial charge in [0.25, 0.3) is 0 Å². The summed E-state index contributed by atoms with van der Waals surface area (Å²) in [7, 11) is 0. The van der Waals surface area contributed by atoms with Crippen molar-refractivity contribution in [3.8, 4) is 0 Å². The molecule has 0 aliphatic rings. The number of hydrogen-bond donors (Lipinski definition) is 2. The van der Waals surface area contributed by atoms with Crippen LogP contribution in [0.15, 0.2) is 24.4 Å². The quantitative estimate of drug-likeness (QED) is 0.820. The number of benzene rings is 1. The highest BCUT2D eigenvalue weighted by Gasteiger charge is 2.17. The Kier molecular flexibility index (Phi) is 4.37. The first-order valence-corrected chi connectivity index (χ1v) is 6.55. The lowest BCUT2D eigenvalue weighted by molar-refractivity contribution is -0.134. The molecule has 0 radical (unpaired) electrons. The fourth-order valence-electron chi connectivity index (χ4n) is 2.02. The number of fused-ring (bicyclic) bond motifs is 1. The molecule has 110 valence electrons. The second-order valence-corrected chi connectivity index (χ2v) is 4.54. The molecule has 0 aliphatic carbocycles. The highest BCUT2D eigenvalue weighted by Crippen LogP contribution is 2.27. The largest absolute Gasteiger partial charge is 0.480 e. The van der Waals surface area contributed by atoms with Gasteiger partial charge in [0.15, 0.2) is 0 Å². The number of pyridine rings is 1. The molecule has 6 nitrogen and oxygen atoms in total. The van der Waals surface area contributed by atoms with Crippen LogP contribution in [0.25, 0.3) is 10.9 Å². The molecular weight excluding hydrogens is 272 g/mol. The van der Waals surface area contributed by atoms with Crippen molar-refractivity contribution < 1.29 is 19.4 Å². The van der Waals surface area contributed by atoms with Gasteiger partial charge >= 0.3 is 11.9 Å². The maximum absolute atomic E-state index is 12.0. The SMILES string of the molecule is CCOC(=O)c1cnc2ccc(C)cc2c1NCC(=O)O. The predicted octanol–water partition coefficient (Wildman–Crippen LogP) is 2.22. The van der Waals surface area contributed by atoms with E-state index in [2.05, 4.69) is 10.3 Å². The number of nitrogens with one attached hydrogen (secondary N) is 1. The average molecular weight is 288 g/mol. The Morgan fingerprint density at radius 1 is 1.38 bits per heavy atom. The molecule has 21 heavy (non-hydrogen) atoms. The minimum absolute atomic E-state index is 0.233. The molecule has 0 unspecified atom stereocenters. The fourth-order valence-corrected chi connectivity index (χ4v) is 2.02. The van der Waals surface area contributed by atoms with E-state index in [1.165, 1.54) is 6.20 Å². The van der Waals surface area contributed by atoms with Crippen LogP contribution >= 0.6 is 0 Å². The van der Waals surface area contributed by atoms with Crippen molar-refractivity contribution in [2.75, 3.05) is 18.5 Å². The molecule has 1 aromatic heterocycles. The molecule has 0 saturated carbocycles. The molecule has 6 heteroatoms. The minimum Gasteiger partial charge on any atom is -0.480 e. The number of hydrogen-bond acceptors (Lipinski definition) is 5. The molecule has 2 N–H and O–H groups in total. The number of esters is 1. The van der Waals surface area contributed by atoms with E-state index in [1.54, 1.807) is 6.92 Å². The van der Waals surface area contributed by atoms with Gasteiger partial charge in [0.1, 0.15) is 12.1 Å². The summed E-state index contributed by atoms with van der Waals surface area (Å²) in [6, 6.07) is 5.58. The summed E-state index contributed by atoms with van der Waals surface area (Å²) in [5, 5.41) is 12.3. The number of ether oxygens (including phenoxy) is 1. The second kappa shape index (κ2) is 6.21. The monoisotopic (exact) mass is 288 g/mol. The first-order chi connectivity index (χ1) is 10.0. The number of anilines is 1. The van der Waals surface area contributed by atoms with Gasteiger partial charge in [0, 0.05) is 11.6 Å². The van der Waals surface area contributed by atoms with E-state index in [0.717, 1.165) is 5.56 Å². The van der Waals surface area contributed by atoms with Gasteiger partial charge in [-0.1, -0.05) is 11.6 Å². The van der Waals surface area contributed by atoms with Crippen LogP contribution in [-0.4, -0.2) is 35.2 Å². The van der Waals surface area contributed by atoms with E-state index in [1.807, 2.05) is 25.1 Å². The van der Waals surface area contributed by atoms with Crippen LogP contribution in [0.2, 0.25) is 0 Å². The van der Waals surface area contributed by atoms with Crippen molar-refractivity contribution in [2.24, 2.45) is 0 Å². The predicted molar refractivity (Wildman–Crippen MR) is 78.6 cm³/mol. The van der Waals surface area contributed by atoms with E-state index in [9.17, 15) is 9.59 Å². The second-order valence-electron chi connectivity index (χ2n) is 4.54. The molecule has 0 bridgehead atoms. The molecular formula is C15H16N2O4. The first-order valence-electron chi connectivity index (χ1n) is 6.55. The normalized spacial score (nSPS) is 10.4. The van der Waals surface area contributed by atoms with Crippen LogP contribution < -0.4 is 5.32 Å². The van der Waals surface area contributed by atoms with E-state index in [0.29, 0.717) is 16.6 Å². The van der Waals surface area contributed by atoms with Crippen LogP contribution in [0.1, 0.15) is 22.8 Å². The molecule has 0 aliphatic heterocycles. The van der Waals surface area contributed by atoms with Crippen LogP contribution in [0.3, 0.4) is 0 Å². The lowest BCUT2D eigenvalue weighted by Crippen LogP contribution is -2.16. The summed E-state index contributed by atoms with van der Waals surface area (Å²) in [5.41, 5.74) is 2.34. The Labute approximate surface area is 121 Å². The standard InChI is InChI=1S/C15H16N2O4/c1-3-21-15(20)11-7-16-12-5-4-9(2)6-10(12)14(11)17-8-13(18)19/h4-7H,3,8H2,1-2H3,(H,16,17)(H,18,19). The number of aryl methyl sites for hydroxylation is 1. The van der Waals surface area contributed by atoms with Crippen molar-refractivity contribution in [3.05, 3.63) is 35.5 Å². The van der Waals surface area contributed by atoms with E-state index >= 15 is 0 Å². The third-order valence-electron chi connectivity index (χ3n) is 2.94. The zero-order valence-corrected chi connectivity index (χ0v) is 11.8. The molecule has 0 fully saturated rings. The fraction of sp³-hybridized carbons (Fsp3) is 0.267. The van der Waals surface area contributed by atoms with Gasteiger partial charge in [-0.25, -0.2) is 4.79 Å². The Hall–Kier alpha value is -2.63. The van der Waals surface area contributed by atoms with E-state index < -0.39 is 11.9 Å². The molecule has 0 atom stereocenters. The van der Waals surface area contributed by atoms with Gasteiger partial charge in [0.2, 0.25) is 0 Å². The molecule has 2 aromatic rings. The first kappa shape index (κ1) is 14.8. The van der Waals surface area contributed by atoms with Crippen LogP contribution in [0.5, 0.6) is 0 Å². The van der Waals surface area contributed by atoms with Crippen molar-refractivity contribution in [2.45, 2.75) is 13.8 Å². The summed E-state index contributed by atoms with van der Waals surface area (Å²) < 4.78 is 4.99. The molecule has 0 amide bonds. The summed E-state index contributed by atoms with van der Waals surface area (Å²) in [6.07, 6.45) is 1.40. The number of carbonyl (C=O) groups is 2. The van der Waals surface area contributed by atoms with Crippen molar-refractivity contribution >= 4 is 28.5 Å². The van der Waals surface area contributed by atoms with Crippen molar-refractivity contribution in [3.63, 3.8) is 0 Å². The Morgan fingerprint density at radius 2 is 2.14 bits per heavy atom. The Balaban J connectivity index is 2.58. The topological polar surface area (TPSA) is 88.5 Å². The highest BCUT2D eigenvalue weighted by molar-refractivity contribution is 6.05. The summed E-state index contributed by atoms with van der Waals surface area (Å²) in [4.78, 5) is 27.0. The maximum atomic E-state index is 12.0. The average Bonchev–Trinajstić information content (AvgIpc) is 2.44. The summed E-state index contributed by atoms with van der Waals surface area (Å²) >= 11 is 0. The van der Waals surface area contributed by atoms with Crippen LogP contribution in [0.4, 0.5) is 5.69 Å². The van der Waals surface area contributed by atoms with Crippen molar-refractivity contribution in [1.29, 1.82) is 0 Å². The maximum Gasteiger partial charge on any atom is 0.341 e. The summed E-state index contributed by atoms with van der Waals surface area (Å²) in [6.45, 7) is 3.57. The van der Waals surface area contributed by atoms with Gasteiger partial charge < -0.3 is 15.2 Å². The molecule has 0 spiro atoms. The Morgan fingerprint density at radius 3 is 2.81 bits per heavy atom. The number of rotatable bonds is 5. The zero-order valence-electron chi connectivity index (χ0n) is 11.8. The van der Waals surface area contributed by atoms with Gasteiger partial charge in [-0.2, -0.15) is 0 Å². The number of carbonyl (C=O) groups excluding carboxylic acids is 1. The molecule has 2 rings (SSSR count). The highest BCUT2D eigenvalue weighted by atomic mass is 16.5. The number of carboxylic acids is 1. The number of aromatic nitrogens is 1. The number of nitrogens with zero attached hydrogens (tertiary/aromatic N) is 1. The number of carboxylic acid groups (broad SMARTS) is 1. The molecule has 1 aromatic carbocycles. The Bertz CT molecular complexity index is 697. The molecule has 1 heterocycles. The smallest absolute Gasteiger partial charge is 0.341 e. The number of aliphatic carboxylic acids is 1. The van der Waals surface area contributed by atoms with Gasteiger partial charge in [-0.05, 0) is 26.0 Å². The van der Waals surface area contributed by atoms with Gasteiger partial charge in [0.05, 0.1) is 17.8 Å².